The molecule has 0 bridgehead atoms. The normalized spacial score (nSPS) is 20.1. The molecule has 0 aliphatic carbocycles. The van der Waals surface area contributed by atoms with Crippen LogP contribution in [0.25, 0.3) is 10.8 Å². The van der Waals surface area contributed by atoms with Gasteiger partial charge < -0.3 is 10.6 Å². The number of benzene rings is 2. The van der Waals surface area contributed by atoms with E-state index in [1.807, 2.05) is 0 Å². The van der Waals surface area contributed by atoms with Crippen molar-refractivity contribution in [1.82, 2.24) is 5.32 Å². The van der Waals surface area contributed by atoms with Gasteiger partial charge in [-0.2, -0.15) is 0 Å². The maximum Gasteiger partial charge on any atom is 0.0398 e. The Morgan fingerprint density at radius 1 is 1.06 bits per heavy atom. The number of hydrogen-bond donors (Lipinski definition) is 2. The van der Waals surface area contributed by atoms with Gasteiger partial charge in [-0.15, -0.1) is 0 Å². The predicted octanol–water partition coefficient (Wildman–Crippen LogP) is 2.61. The monoisotopic (exact) mass is 212 g/mol. The molecule has 0 radical (unpaired) electrons. The van der Waals surface area contributed by atoms with E-state index in [-0.39, 0.29) is 0 Å². The molecule has 82 valence electrons. The summed E-state index contributed by atoms with van der Waals surface area (Å²) in [5.41, 5.74) is 1.23. The van der Waals surface area contributed by atoms with E-state index in [4.69, 9.17) is 0 Å². The van der Waals surface area contributed by atoms with Crippen LogP contribution in [0.3, 0.4) is 0 Å². The zero-order valence-corrected chi connectivity index (χ0v) is 9.24. The lowest BCUT2D eigenvalue weighted by Crippen LogP contribution is -2.21. The zero-order chi connectivity index (χ0) is 10.8. The first-order valence-electron chi connectivity index (χ1n) is 5.88. The molecule has 2 aromatic carbocycles. The highest BCUT2D eigenvalue weighted by Gasteiger charge is 2.13. The number of rotatable bonds is 2. The molecule has 1 aliphatic rings. The van der Waals surface area contributed by atoms with E-state index in [1.54, 1.807) is 0 Å². The average molecular weight is 212 g/mol. The summed E-state index contributed by atoms with van der Waals surface area (Å²) in [6.07, 6.45) is 1.22. The van der Waals surface area contributed by atoms with Gasteiger partial charge in [0.15, 0.2) is 0 Å². The Hall–Kier alpha value is -1.54. The van der Waals surface area contributed by atoms with Crippen molar-refractivity contribution < 1.29 is 0 Å². The molecule has 2 heteroatoms. The first-order valence-corrected chi connectivity index (χ1v) is 5.88. The van der Waals surface area contributed by atoms with Crippen LogP contribution in [0, 0.1) is 0 Å². The van der Waals surface area contributed by atoms with Crippen molar-refractivity contribution in [2.75, 3.05) is 18.4 Å². The van der Waals surface area contributed by atoms with Crippen LogP contribution in [0.2, 0.25) is 0 Å². The van der Waals surface area contributed by atoms with Gasteiger partial charge in [0.05, 0.1) is 0 Å². The van der Waals surface area contributed by atoms with Crippen LogP contribution in [0.5, 0.6) is 0 Å². The van der Waals surface area contributed by atoms with Crippen molar-refractivity contribution in [1.29, 1.82) is 0 Å². The van der Waals surface area contributed by atoms with Gasteiger partial charge in [0, 0.05) is 18.3 Å². The number of hydrogen-bond acceptors (Lipinski definition) is 2. The van der Waals surface area contributed by atoms with E-state index in [1.165, 1.54) is 22.9 Å². The summed E-state index contributed by atoms with van der Waals surface area (Å²) in [4.78, 5) is 0. The average Bonchev–Trinajstić information content (AvgIpc) is 2.82. The summed E-state index contributed by atoms with van der Waals surface area (Å²) >= 11 is 0. The minimum atomic E-state index is 0.584. The van der Waals surface area contributed by atoms with Crippen LogP contribution in [-0.4, -0.2) is 19.1 Å². The summed E-state index contributed by atoms with van der Waals surface area (Å²) in [7, 11) is 0. The predicted molar refractivity (Wildman–Crippen MR) is 68.8 cm³/mol. The van der Waals surface area contributed by atoms with E-state index in [2.05, 4.69) is 53.1 Å². The highest BCUT2D eigenvalue weighted by atomic mass is 15.0. The van der Waals surface area contributed by atoms with Crippen molar-refractivity contribution in [3.8, 4) is 0 Å². The summed E-state index contributed by atoms with van der Waals surface area (Å²) in [6.45, 7) is 2.21. The fourth-order valence-corrected chi connectivity index (χ4v) is 2.29. The largest absolute Gasteiger partial charge is 0.381 e. The lowest BCUT2D eigenvalue weighted by atomic mass is 10.1. The van der Waals surface area contributed by atoms with Crippen molar-refractivity contribution in [2.45, 2.75) is 12.5 Å². The van der Waals surface area contributed by atoms with Gasteiger partial charge in [-0.05, 0) is 35.9 Å². The molecule has 1 saturated heterocycles. The molecule has 1 fully saturated rings. The summed E-state index contributed by atoms with van der Waals surface area (Å²) in [6, 6.07) is 15.6. The standard InChI is InChI=1S/C14H16N2/c1-2-4-12-9-13(6-5-11(12)3-1)16-14-7-8-15-10-14/h1-6,9,14-16H,7-8,10H2/t14-/m0/s1. The minimum Gasteiger partial charge on any atom is -0.381 e. The molecular weight excluding hydrogens is 196 g/mol. The van der Waals surface area contributed by atoms with Crippen LogP contribution >= 0.6 is 0 Å². The fourth-order valence-electron chi connectivity index (χ4n) is 2.29. The van der Waals surface area contributed by atoms with E-state index in [9.17, 15) is 0 Å². The molecule has 1 aliphatic heterocycles. The Bertz CT molecular complexity index is 487. The van der Waals surface area contributed by atoms with E-state index >= 15 is 0 Å². The lowest BCUT2D eigenvalue weighted by Gasteiger charge is -2.13. The van der Waals surface area contributed by atoms with Gasteiger partial charge >= 0.3 is 0 Å². The van der Waals surface area contributed by atoms with Gasteiger partial charge in [0.2, 0.25) is 0 Å². The Balaban J connectivity index is 1.86. The maximum absolute atomic E-state index is 3.57. The van der Waals surface area contributed by atoms with Crippen LogP contribution in [-0.2, 0) is 0 Å². The molecule has 0 spiro atoms. The van der Waals surface area contributed by atoms with Gasteiger partial charge in [-0.1, -0.05) is 30.3 Å². The van der Waals surface area contributed by atoms with Crippen molar-refractivity contribution in [3.63, 3.8) is 0 Å². The summed E-state index contributed by atoms with van der Waals surface area (Å²) in [5.74, 6) is 0. The quantitative estimate of drug-likeness (QED) is 0.799. The van der Waals surface area contributed by atoms with E-state index in [0.29, 0.717) is 6.04 Å². The third-order valence-corrected chi connectivity index (χ3v) is 3.18. The Morgan fingerprint density at radius 3 is 2.75 bits per heavy atom. The molecule has 0 amide bonds. The van der Waals surface area contributed by atoms with Gasteiger partial charge in [0.1, 0.15) is 0 Å². The van der Waals surface area contributed by atoms with Gasteiger partial charge in [-0.3, -0.25) is 0 Å². The first-order chi connectivity index (χ1) is 7.92. The summed E-state index contributed by atoms with van der Waals surface area (Å²) < 4.78 is 0. The molecule has 1 atom stereocenters. The van der Waals surface area contributed by atoms with Crippen LogP contribution in [0.15, 0.2) is 42.5 Å². The molecule has 0 saturated carbocycles. The second kappa shape index (κ2) is 4.14. The Kier molecular flexibility index (Phi) is 2.50. The van der Waals surface area contributed by atoms with Gasteiger partial charge in [-0.25, -0.2) is 0 Å². The topological polar surface area (TPSA) is 24.1 Å². The molecule has 2 nitrogen and oxygen atoms in total. The highest BCUT2D eigenvalue weighted by Crippen LogP contribution is 2.20. The second-order valence-electron chi connectivity index (χ2n) is 4.40. The SMILES string of the molecule is c1ccc2cc(N[C@H]3CCNC3)ccc2c1. The number of fused-ring (bicyclic) bond motifs is 1. The van der Waals surface area contributed by atoms with Crippen LogP contribution in [0.4, 0.5) is 5.69 Å². The zero-order valence-electron chi connectivity index (χ0n) is 9.24. The van der Waals surface area contributed by atoms with Crippen LogP contribution < -0.4 is 10.6 Å². The first kappa shape index (κ1) is 9.67. The molecule has 0 aromatic heterocycles. The molecule has 2 aromatic rings. The van der Waals surface area contributed by atoms with Gasteiger partial charge in [0.25, 0.3) is 0 Å². The molecular formula is C14H16N2. The molecule has 16 heavy (non-hydrogen) atoms. The molecule has 3 rings (SSSR count). The Labute approximate surface area is 95.7 Å². The third-order valence-electron chi connectivity index (χ3n) is 3.18. The number of anilines is 1. The van der Waals surface area contributed by atoms with Crippen molar-refractivity contribution in [3.05, 3.63) is 42.5 Å². The lowest BCUT2D eigenvalue weighted by molar-refractivity contribution is 0.793. The minimum absolute atomic E-state index is 0.584. The fraction of sp³-hybridized carbons (Fsp3) is 0.286. The maximum atomic E-state index is 3.57. The van der Waals surface area contributed by atoms with Crippen LogP contribution in [0.1, 0.15) is 6.42 Å². The van der Waals surface area contributed by atoms with Crippen molar-refractivity contribution in [2.24, 2.45) is 0 Å². The highest BCUT2D eigenvalue weighted by molar-refractivity contribution is 5.85. The molecule has 2 N–H and O–H groups in total. The third kappa shape index (κ3) is 1.89. The smallest absolute Gasteiger partial charge is 0.0398 e. The molecule has 1 heterocycles. The number of nitrogens with one attached hydrogen (secondary N) is 2. The van der Waals surface area contributed by atoms with E-state index in [0.717, 1.165) is 13.1 Å². The Morgan fingerprint density at radius 2 is 1.94 bits per heavy atom. The van der Waals surface area contributed by atoms with Crippen molar-refractivity contribution >= 4 is 16.5 Å². The molecule has 0 unspecified atom stereocenters. The second-order valence-corrected chi connectivity index (χ2v) is 4.40. The summed E-state index contributed by atoms with van der Waals surface area (Å²) in [5, 5.41) is 9.55. The van der Waals surface area contributed by atoms with E-state index < -0.39 is 0 Å².